The Morgan fingerprint density at radius 3 is 3.00 bits per heavy atom. The van der Waals surface area contributed by atoms with E-state index in [2.05, 4.69) is 9.97 Å². The summed E-state index contributed by atoms with van der Waals surface area (Å²) in [4.78, 5) is 19.7. The first kappa shape index (κ1) is 11.0. The molecule has 0 atom stereocenters. The zero-order valence-electron chi connectivity index (χ0n) is 7.35. The second kappa shape index (κ2) is 4.58. The van der Waals surface area contributed by atoms with Crippen LogP contribution in [0.2, 0.25) is 5.15 Å². The third-order valence-corrected chi connectivity index (χ3v) is 3.97. The number of rotatable bonds is 2. The zero-order chi connectivity index (χ0) is 10.8. The van der Waals surface area contributed by atoms with Crippen LogP contribution in [0.3, 0.4) is 0 Å². The standard InChI is InChI=1S/C8H5ClIN3OS/c9-7-6(10)8(14)13(3-11-7)1-5-2-15-4-12-5/h2-4H,1H2. The summed E-state index contributed by atoms with van der Waals surface area (Å²) < 4.78 is 1.93. The summed E-state index contributed by atoms with van der Waals surface area (Å²) in [5, 5.41) is 2.14. The highest BCUT2D eigenvalue weighted by Gasteiger charge is 2.07. The van der Waals surface area contributed by atoms with Gasteiger partial charge >= 0.3 is 0 Å². The minimum absolute atomic E-state index is 0.136. The van der Waals surface area contributed by atoms with Gasteiger partial charge in [-0.1, -0.05) is 11.6 Å². The minimum atomic E-state index is -0.136. The second-order valence-corrected chi connectivity index (χ2v) is 4.92. The predicted molar refractivity (Wildman–Crippen MR) is 67.4 cm³/mol. The molecule has 2 aromatic heterocycles. The maximum absolute atomic E-state index is 11.7. The van der Waals surface area contributed by atoms with Crippen molar-refractivity contribution in [2.75, 3.05) is 0 Å². The fourth-order valence-corrected chi connectivity index (χ4v) is 2.17. The number of nitrogens with zero attached hydrogens (tertiary/aromatic N) is 3. The normalized spacial score (nSPS) is 10.5. The topological polar surface area (TPSA) is 47.8 Å². The van der Waals surface area contributed by atoms with E-state index < -0.39 is 0 Å². The molecule has 0 fully saturated rings. The highest BCUT2D eigenvalue weighted by atomic mass is 127. The lowest BCUT2D eigenvalue weighted by atomic mass is 10.5. The molecule has 2 aromatic rings. The van der Waals surface area contributed by atoms with Crippen LogP contribution in [-0.2, 0) is 6.54 Å². The van der Waals surface area contributed by atoms with Gasteiger partial charge in [0.2, 0.25) is 0 Å². The highest BCUT2D eigenvalue weighted by Crippen LogP contribution is 2.10. The summed E-state index contributed by atoms with van der Waals surface area (Å²) in [5.41, 5.74) is 2.44. The number of halogens is 2. The monoisotopic (exact) mass is 353 g/mol. The molecule has 7 heteroatoms. The first-order valence-electron chi connectivity index (χ1n) is 3.96. The van der Waals surface area contributed by atoms with Gasteiger partial charge in [0, 0.05) is 5.38 Å². The van der Waals surface area contributed by atoms with Crippen molar-refractivity contribution in [3.8, 4) is 0 Å². The van der Waals surface area contributed by atoms with Gasteiger partial charge in [-0.2, -0.15) is 0 Å². The molecule has 0 aliphatic carbocycles. The summed E-state index contributed by atoms with van der Waals surface area (Å²) in [6, 6.07) is 0. The largest absolute Gasteiger partial charge is 0.292 e. The maximum atomic E-state index is 11.7. The van der Waals surface area contributed by atoms with Crippen LogP contribution in [0.1, 0.15) is 5.69 Å². The average molecular weight is 354 g/mol. The van der Waals surface area contributed by atoms with E-state index in [9.17, 15) is 4.79 Å². The molecule has 0 saturated heterocycles. The van der Waals surface area contributed by atoms with Crippen LogP contribution in [0.4, 0.5) is 0 Å². The van der Waals surface area contributed by atoms with E-state index in [1.165, 1.54) is 22.2 Å². The van der Waals surface area contributed by atoms with E-state index in [-0.39, 0.29) is 10.7 Å². The fourth-order valence-electron chi connectivity index (χ4n) is 1.05. The first-order valence-corrected chi connectivity index (χ1v) is 6.36. The number of hydrogen-bond donors (Lipinski definition) is 0. The molecule has 78 valence electrons. The maximum Gasteiger partial charge on any atom is 0.268 e. The molecule has 0 amide bonds. The number of aromatic nitrogens is 3. The molecule has 0 N–H and O–H groups in total. The Kier molecular flexibility index (Phi) is 3.37. The second-order valence-electron chi connectivity index (χ2n) is 2.76. The first-order chi connectivity index (χ1) is 7.18. The Bertz CT molecular complexity index is 525. The molecule has 4 nitrogen and oxygen atoms in total. The summed E-state index contributed by atoms with van der Waals surface area (Å²) in [6.45, 7) is 0.433. The highest BCUT2D eigenvalue weighted by molar-refractivity contribution is 14.1. The molecule has 0 aromatic carbocycles. The average Bonchev–Trinajstić information content (AvgIpc) is 2.72. The Labute approximate surface area is 108 Å². The van der Waals surface area contributed by atoms with Crippen LogP contribution in [-0.4, -0.2) is 14.5 Å². The van der Waals surface area contributed by atoms with Gasteiger partial charge in [-0.05, 0) is 22.6 Å². The molecule has 0 spiro atoms. The summed E-state index contributed by atoms with van der Waals surface area (Å²) in [5.74, 6) is 0. The molecule has 15 heavy (non-hydrogen) atoms. The Balaban J connectivity index is 2.38. The van der Waals surface area contributed by atoms with Crippen LogP contribution >= 0.6 is 45.5 Å². The van der Waals surface area contributed by atoms with E-state index in [1.54, 1.807) is 5.51 Å². The van der Waals surface area contributed by atoms with Gasteiger partial charge in [0.25, 0.3) is 5.56 Å². The van der Waals surface area contributed by atoms with E-state index in [4.69, 9.17) is 11.6 Å². The van der Waals surface area contributed by atoms with E-state index >= 15 is 0 Å². The molecule has 0 unspecified atom stereocenters. The smallest absolute Gasteiger partial charge is 0.268 e. The molecule has 0 bridgehead atoms. The Morgan fingerprint density at radius 1 is 1.53 bits per heavy atom. The zero-order valence-corrected chi connectivity index (χ0v) is 11.1. The third kappa shape index (κ3) is 2.37. The molecule has 0 radical (unpaired) electrons. The van der Waals surface area contributed by atoms with Gasteiger partial charge in [0.15, 0.2) is 0 Å². The lowest BCUT2D eigenvalue weighted by Crippen LogP contribution is -2.23. The molecule has 2 heterocycles. The van der Waals surface area contributed by atoms with Crippen LogP contribution < -0.4 is 5.56 Å². The van der Waals surface area contributed by atoms with Gasteiger partial charge in [-0.15, -0.1) is 11.3 Å². The fraction of sp³-hybridized carbons (Fsp3) is 0.125. The van der Waals surface area contributed by atoms with Crippen molar-refractivity contribution in [1.82, 2.24) is 14.5 Å². The molecular formula is C8H5ClIN3OS. The van der Waals surface area contributed by atoms with Crippen molar-refractivity contribution < 1.29 is 0 Å². The quantitative estimate of drug-likeness (QED) is 0.613. The summed E-state index contributed by atoms with van der Waals surface area (Å²) >= 11 is 9.11. The van der Waals surface area contributed by atoms with Crippen molar-refractivity contribution >= 4 is 45.5 Å². The molecule has 0 saturated carbocycles. The summed E-state index contributed by atoms with van der Waals surface area (Å²) in [6.07, 6.45) is 1.44. The van der Waals surface area contributed by atoms with Gasteiger partial charge in [0.1, 0.15) is 8.72 Å². The van der Waals surface area contributed by atoms with Gasteiger partial charge in [0.05, 0.1) is 24.1 Å². The summed E-state index contributed by atoms with van der Waals surface area (Å²) in [7, 11) is 0. The van der Waals surface area contributed by atoms with Crippen molar-refractivity contribution in [2.24, 2.45) is 0 Å². The number of hydrogen-bond acceptors (Lipinski definition) is 4. The van der Waals surface area contributed by atoms with Gasteiger partial charge in [-0.25, -0.2) is 9.97 Å². The van der Waals surface area contributed by atoms with Crippen LogP contribution in [0.5, 0.6) is 0 Å². The Morgan fingerprint density at radius 2 is 2.33 bits per heavy atom. The van der Waals surface area contributed by atoms with Crippen LogP contribution in [0, 0.1) is 3.57 Å². The van der Waals surface area contributed by atoms with Crippen molar-refractivity contribution in [3.05, 3.63) is 42.0 Å². The molecule has 0 aliphatic rings. The van der Waals surface area contributed by atoms with E-state index in [0.717, 1.165) is 5.69 Å². The van der Waals surface area contributed by atoms with Crippen molar-refractivity contribution in [1.29, 1.82) is 0 Å². The van der Waals surface area contributed by atoms with Crippen LogP contribution in [0.15, 0.2) is 22.0 Å². The number of thiazole rings is 1. The third-order valence-electron chi connectivity index (χ3n) is 1.76. The van der Waals surface area contributed by atoms with Crippen LogP contribution in [0.25, 0.3) is 0 Å². The van der Waals surface area contributed by atoms with E-state index in [1.807, 2.05) is 28.0 Å². The molecule has 2 rings (SSSR count). The van der Waals surface area contributed by atoms with E-state index in [0.29, 0.717) is 10.1 Å². The lowest BCUT2D eigenvalue weighted by Gasteiger charge is -2.03. The predicted octanol–water partition coefficient (Wildman–Crippen LogP) is 2.01. The lowest BCUT2D eigenvalue weighted by molar-refractivity contribution is 0.717. The minimum Gasteiger partial charge on any atom is -0.292 e. The van der Waals surface area contributed by atoms with Gasteiger partial charge < -0.3 is 0 Å². The molecular weight excluding hydrogens is 349 g/mol. The van der Waals surface area contributed by atoms with Crippen molar-refractivity contribution in [3.63, 3.8) is 0 Å². The Hall–Kier alpha value is -0.470. The van der Waals surface area contributed by atoms with Gasteiger partial charge in [-0.3, -0.25) is 9.36 Å². The molecule has 0 aliphatic heterocycles. The SMILES string of the molecule is O=c1c(I)c(Cl)ncn1Cc1cscn1. The van der Waals surface area contributed by atoms with Crippen molar-refractivity contribution in [2.45, 2.75) is 6.54 Å².